The van der Waals surface area contributed by atoms with Crippen molar-refractivity contribution in [3.8, 4) is 0 Å². The van der Waals surface area contributed by atoms with E-state index in [1.807, 2.05) is 18.2 Å². The maximum absolute atomic E-state index is 11.7. The highest BCUT2D eigenvalue weighted by Gasteiger charge is 2.23. The van der Waals surface area contributed by atoms with Gasteiger partial charge in [0.2, 0.25) is 5.91 Å². The molecule has 0 N–H and O–H groups in total. The fourth-order valence-electron chi connectivity index (χ4n) is 2.00. The lowest BCUT2D eigenvalue weighted by Gasteiger charge is -2.19. The lowest BCUT2D eigenvalue weighted by atomic mass is 10.0. The van der Waals surface area contributed by atoms with Crippen LogP contribution in [-0.4, -0.2) is 12.5 Å². The van der Waals surface area contributed by atoms with Crippen LogP contribution in [0, 0.1) is 0 Å². The van der Waals surface area contributed by atoms with E-state index in [0.29, 0.717) is 17.4 Å². The van der Waals surface area contributed by atoms with Crippen molar-refractivity contribution in [1.29, 1.82) is 0 Å². The van der Waals surface area contributed by atoms with E-state index in [1.54, 1.807) is 4.90 Å². The van der Waals surface area contributed by atoms with Crippen LogP contribution in [0.15, 0.2) is 18.2 Å². The molecule has 1 aliphatic rings. The quantitative estimate of drug-likeness (QED) is 0.770. The number of nitrogens with zero attached hydrogens (tertiary/aromatic N) is 1. The molecule has 2 nitrogen and oxygen atoms in total. The molecule has 3 heteroatoms. The molecule has 16 heavy (non-hydrogen) atoms. The van der Waals surface area contributed by atoms with Gasteiger partial charge in [-0.1, -0.05) is 31.5 Å². The van der Waals surface area contributed by atoms with E-state index >= 15 is 0 Å². The molecule has 1 fully saturated rings. The Labute approximate surface area is 101 Å². The van der Waals surface area contributed by atoms with Crippen molar-refractivity contribution in [3.63, 3.8) is 0 Å². The van der Waals surface area contributed by atoms with E-state index in [9.17, 15) is 4.79 Å². The number of halogens is 1. The Kier molecular flexibility index (Phi) is 3.20. The Bertz CT molecular complexity index is 414. The monoisotopic (exact) mass is 237 g/mol. The smallest absolute Gasteiger partial charge is 0.227 e. The Morgan fingerprint density at radius 3 is 2.69 bits per heavy atom. The molecule has 2 rings (SSSR count). The molecule has 1 aliphatic heterocycles. The summed E-state index contributed by atoms with van der Waals surface area (Å²) >= 11 is 6.15. The van der Waals surface area contributed by atoms with Crippen molar-refractivity contribution in [2.45, 2.75) is 32.6 Å². The largest absolute Gasteiger partial charge is 0.311 e. The topological polar surface area (TPSA) is 20.3 Å². The van der Waals surface area contributed by atoms with Crippen LogP contribution >= 0.6 is 11.6 Å². The second-order valence-corrected chi connectivity index (χ2v) is 4.92. The van der Waals surface area contributed by atoms with Gasteiger partial charge < -0.3 is 4.90 Å². The molecule has 0 spiro atoms. The minimum Gasteiger partial charge on any atom is -0.311 e. The minimum atomic E-state index is 0.183. The second-order valence-electron chi connectivity index (χ2n) is 4.51. The molecule has 0 unspecified atom stereocenters. The molecule has 1 amide bonds. The van der Waals surface area contributed by atoms with Crippen LogP contribution < -0.4 is 4.90 Å². The van der Waals surface area contributed by atoms with Crippen molar-refractivity contribution in [2.24, 2.45) is 0 Å². The zero-order valence-corrected chi connectivity index (χ0v) is 10.4. The summed E-state index contributed by atoms with van der Waals surface area (Å²) < 4.78 is 0. The first-order chi connectivity index (χ1) is 7.59. The molecule has 1 saturated heterocycles. The van der Waals surface area contributed by atoms with E-state index in [1.165, 1.54) is 5.56 Å². The van der Waals surface area contributed by atoms with Gasteiger partial charge in [0.15, 0.2) is 0 Å². The fraction of sp³-hybridized carbons (Fsp3) is 0.462. The van der Waals surface area contributed by atoms with E-state index in [4.69, 9.17) is 11.6 Å². The first-order valence-corrected chi connectivity index (χ1v) is 6.07. The second kappa shape index (κ2) is 4.46. The van der Waals surface area contributed by atoms with Crippen molar-refractivity contribution in [2.75, 3.05) is 11.4 Å². The van der Waals surface area contributed by atoms with Gasteiger partial charge in [0.1, 0.15) is 0 Å². The van der Waals surface area contributed by atoms with Gasteiger partial charge in [-0.3, -0.25) is 4.79 Å². The third kappa shape index (κ3) is 2.07. The Hall–Kier alpha value is -1.02. The van der Waals surface area contributed by atoms with Gasteiger partial charge in [-0.05, 0) is 30.0 Å². The molecule has 0 atom stereocenters. The molecular formula is C13H16ClNO. The number of carbonyl (C=O) groups is 1. The molecular weight excluding hydrogens is 222 g/mol. The van der Waals surface area contributed by atoms with E-state index in [0.717, 1.165) is 18.7 Å². The highest BCUT2D eigenvalue weighted by molar-refractivity contribution is 6.33. The molecule has 0 aromatic heterocycles. The van der Waals surface area contributed by atoms with Gasteiger partial charge in [0.05, 0.1) is 10.7 Å². The predicted molar refractivity (Wildman–Crippen MR) is 67.1 cm³/mol. The summed E-state index contributed by atoms with van der Waals surface area (Å²) in [6.07, 6.45) is 1.57. The third-order valence-electron chi connectivity index (χ3n) is 3.00. The molecule has 0 bridgehead atoms. The average Bonchev–Trinajstić information content (AvgIpc) is 2.65. The molecule has 0 aliphatic carbocycles. The SMILES string of the molecule is CC(C)c1ccc(Cl)c(N2CCCC2=O)c1. The summed E-state index contributed by atoms with van der Waals surface area (Å²) in [7, 11) is 0. The Morgan fingerprint density at radius 1 is 1.38 bits per heavy atom. The average molecular weight is 238 g/mol. The van der Waals surface area contributed by atoms with Crippen LogP contribution in [-0.2, 0) is 4.79 Å². The number of anilines is 1. The van der Waals surface area contributed by atoms with E-state index in [2.05, 4.69) is 13.8 Å². The van der Waals surface area contributed by atoms with E-state index in [-0.39, 0.29) is 5.91 Å². The fourth-order valence-corrected chi connectivity index (χ4v) is 2.22. The van der Waals surface area contributed by atoms with Crippen molar-refractivity contribution in [3.05, 3.63) is 28.8 Å². The summed E-state index contributed by atoms with van der Waals surface area (Å²) in [5.41, 5.74) is 2.09. The number of rotatable bonds is 2. The highest BCUT2D eigenvalue weighted by Crippen LogP contribution is 2.32. The van der Waals surface area contributed by atoms with Crippen LogP contribution in [0.3, 0.4) is 0 Å². The van der Waals surface area contributed by atoms with Gasteiger partial charge in [-0.25, -0.2) is 0 Å². The van der Waals surface area contributed by atoms with Gasteiger partial charge in [0, 0.05) is 13.0 Å². The van der Waals surface area contributed by atoms with Gasteiger partial charge in [-0.15, -0.1) is 0 Å². The molecule has 86 valence electrons. The van der Waals surface area contributed by atoms with Crippen molar-refractivity contribution < 1.29 is 4.79 Å². The third-order valence-corrected chi connectivity index (χ3v) is 3.32. The number of hydrogen-bond acceptors (Lipinski definition) is 1. The van der Waals surface area contributed by atoms with Gasteiger partial charge in [-0.2, -0.15) is 0 Å². The maximum atomic E-state index is 11.7. The molecule has 1 heterocycles. The molecule has 0 radical (unpaired) electrons. The number of carbonyl (C=O) groups excluding carboxylic acids is 1. The number of hydrogen-bond donors (Lipinski definition) is 0. The summed E-state index contributed by atoms with van der Waals surface area (Å²) in [5.74, 6) is 0.636. The Morgan fingerprint density at radius 2 is 2.12 bits per heavy atom. The highest BCUT2D eigenvalue weighted by atomic mass is 35.5. The first-order valence-electron chi connectivity index (χ1n) is 5.69. The molecule has 1 aromatic rings. The molecule has 0 saturated carbocycles. The van der Waals surface area contributed by atoms with Crippen LogP contribution in [0.5, 0.6) is 0 Å². The number of benzene rings is 1. The van der Waals surface area contributed by atoms with Gasteiger partial charge >= 0.3 is 0 Å². The van der Waals surface area contributed by atoms with Crippen LogP contribution in [0.25, 0.3) is 0 Å². The standard InChI is InChI=1S/C13H16ClNO/c1-9(2)10-5-6-11(14)12(8-10)15-7-3-4-13(15)16/h5-6,8-9H,3-4,7H2,1-2H3. The van der Waals surface area contributed by atoms with Crippen LogP contribution in [0.1, 0.15) is 38.2 Å². The van der Waals surface area contributed by atoms with Crippen molar-refractivity contribution >= 4 is 23.2 Å². The predicted octanol–water partition coefficient (Wildman–Crippen LogP) is 3.59. The van der Waals surface area contributed by atoms with Crippen LogP contribution in [0.4, 0.5) is 5.69 Å². The number of amides is 1. The minimum absolute atomic E-state index is 0.183. The summed E-state index contributed by atoms with van der Waals surface area (Å²) in [4.78, 5) is 13.5. The lowest BCUT2D eigenvalue weighted by Crippen LogP contribution is -2.24. The molecule has 1 aromatic carbocycles. The first kappa shape index (κ1) is 11.5. The van der Waals surface area contributed by atoms with Gasteiger partial charge in [0.25, 0.3) is 0 Å². The zero-order valence-electron chi connectivity index (χ0n) is 9.66. The maximum Gasteiger partial charge on any atom is 0.227 e. The normalized spacial score (nSPS) is 16.2. The zero-order chi connectivity index (χ0) is 11.7. The lowest BCUT2D eigenvalue weighted by molar-refractivity contribution is -0.117. The van der Waals surface area contributed by atoms with E-state index < -0.39 is 0 Å². The summed E-state index contributed by atoms with van der Waals surface area (Å²) in [5, 5.41) is 0.666. The summed E-state index contributed by atoms with van der Waals surface area (Å²) in [6.45, 7) is 5.07. The summed E-state index contributed by atoms with van der Waals surface area (Å²) in [6, 6.07) is 5.95. The van der Waals surface area contributed by atoms with Crippen LogP contribution in [0.2, 0.25) is 5.02 Å². The Balaban J connectivity index is 2.38. The van der Waals surface area contributed by atoms with Crippen molar-refractivity contribution in [1.82, 2.24) is 0 Å².